The first kappa shape index (κ1) is 46.7. The van der Waals surface area contributed by atoms with Gasteiger partial charge in [0.1, 0.15) is 0 Å². The zero-order chi connectivity index (χ0) is 42.0. The van der Waals surface area contributed by atoms with Crippen molar-refractivity contribution in [1.29, 1.82) is 0 Å². The summed E-state index contributed by atoms with van der Waals surface area (Å²) >= 11 is 8.81. The van der Waals surface area contributed by atoms with E-state index in [9.17, 15) is 0 Å². The second-order valence-corrected chi connectivity index (χ2v) is 34.9. The number of rotatable bonds is 4. The standard InChI is InChI=1S/C29H41.2C10H6Cl.C5H5.CH2.2ClH.Zr/c1-26(2,3)22-14-18-13-19-15-23(27(4,5)6)25(29(10,11)12)17-21(19)20(18)16-24(22)28(7,8)9;2*11-10-7-3-5-8-4-1-2-6-9(8)10;1-2-4-5-3-1;;;;/h14,16-17H,13H2,1-12H3;2*1-4,6-7H;1-3H,4H2;1H2;2*1H;. The third-order valence-electron chi connectivity index (χ3n) is 13.5. The Kier molecular flexibility index (Phi) is 12.1. The Morgan fingerprint density at radius 3 is 1.42 bits per heavy atom. The number of halogens is 4. The minimum atomic E-state index is -5.58. The van der Waals surface area contributed by atoms with Crippen molar-refractivity contribution in [2.24, 2.45) is 0 Å². The summed E-state index contributed by atoms with van der Waals surface area (Å²) in [6.45, 7) is 28.8. The second kappa shape index (κ2) is 15.5. The SMILES string of the molecule is Cl.Cl.[CH2]=[Zr]([C]1=CC=CC1)([c]1c2c(cc(C(C)(C)C)c1C(C)(C)C)-c1cc(C(C)(C)C)c(C(C)(C)C)cc1C2)([c]1ccc(Cl)c2ccccc12)[c]1ccc(Cl)c2ccccc12. The van der Waals surface area contributed by atoms with Crippen LogP contribution < -0.4 is 9.81 Å². The molecule has 0 atom stereocenters. The fourth-order valence-electron chi connectivity index (χ4n) is 10.9. The normalized spacial score (nSPS) is 14.5. The Bertz CT molecular complexity index is 2750. The average molecular weight is 956 g/mol. The van der Waals surface area contributed by atoms with Crippen LogP contribution >= 0.6 is 48.0 Å². The number of allylic oxidation sites excluding steroid dienone is 4. The van der Waals surface area contributed by atoms with Crippen molar-refractivity contribution in [2.75, 3.05) is 0 Å². The first-order chi connectivity index (χ1) is 27.0. The molecule has 8 rings (SSSR count). The van der Waals surface area contributed by atoms with E-state index in [1.165, 1.54) is 68.4 Å². The van der Waals surface area contributed by atoms with Gasteiger partial charge in [0.05, 0.1) is 0 Å². The number of hydrogen-bond acceptors (Lipinski definition) is 0. The van der Waals surface area contributed by atoms with Gasteiger partial charge in [0.25, 0.3) is 0 Å². The molecule has 2 aliphatic rings. The van der Waals surface area contributed by atoms with E-state index in [0.29, 0.717) is 0 Å². The molecule has 6 aromatic carbocycles. The summed E-state index contributed by atoms with van der Waals surface area (Å²) in [5.74, 6) is 0. The summed E-state index contributed by atoms with van der Waals surface area (Å²) in [5, 5.41) is 6.07. The number of fused-ring (bicyclic) bond motifs is 5. The molecule has 0 unspecified atom stereocenters. The molecule has 5 heteroatoms. The molecule has 0 spiro atoms. The molecule has 0 saturated heterocycles. The van der Waals surface area contributed by atoms with Crippen molar-refractivity contribution in [2.45, 2.75) is 118 Å². The van der Waals surface area contributed by atoms with Crippen LogP contribution in [0.2, 0.25) is 10.0 Å². The summed E-state index contributed by atoms with van der Waals surface area (Å²) in [4.78, 5) is 0. The van der Waals surface area contributed by atoms with Crippen LogP contribution in [0.1, 0.15) is 123 Å². The van der Waals surface area contributed by atoms with E-state index < -0.39 is 18.3 Å². The third kappa shape index (κ3) is 7.01. The van der Waals surface area contributed by atoms with Crippen LogP contribution in [0, 0.1) is 0 Å². The summed E-state index contributed by atoms with van der Waals surface area (Å²) in [6, 6.07) is 34.4. The van der Waals surface area contributed by atoms with Crippen LogP contribution in [-0.4, -0.2) is 4.21 Å². The molecule has 0 radical (unpaired) electrons. The monoisotopic (exact) mass is 952 g/mol. The van der Waals surface area contributed by atoms with Crippen molar-refractivity contribution in [3.8, 4) is 11.1 Å². The van der Waals surface area contributed by atoms with Crippen molar-refractivity contribution in [3.05, 3.63) is 156 Å². The Hall–Kier alpha value is -2.77. The van der Waals surface area contributed by atoms with Crippen LogP contribution in [0.25, 0.3) is 32.7 Å². The van der Waals surface area contributed by atoms with Gasteiger partial charge in [-0.25, -0.2) is 0 Å². The minimum absolute atomic E-state index is 0. The Balaban J connectivity index is 0.00000302. The van der Waals surface area contributed by atoms with Gasteiger partial charge in [-0.05, 0) is 0 Å². The third-order valence-corrected chi connectivity index (χ3v) is 30.6. The van der Waals surface area contributed by atoms with Gasteiger partial charge in [0.15, 0.2) is 0 Å². The van der Waals surface area contributed by atoms with Crippen LogP contribution in [0.4, 0.5) is 0 Å². The molecular weight excluding hydrogens is 894 g/mol. The van der Waals surface area contributed by atoms with Crippen molar-refractivity contribution in [3.63, 3.8) is 0 Å². The Morgan fingerprint density at radius 1 is 0.533 bits per heavy atom. The van der Waals surface area contributed by atoms with E-state index in [2.05, 4.69) is 192 Å². The van der Waals surface area contributed by atoms with Gasteiger partial charge < -0.3 is 0 Å². The zero-order valence-corrected chi connectivity index (χ0v) is 43.2. The fourth-order valence-corrected chi connectivity index (χ4v) is 29.4. The van der Waals surface area contributed by atoms with Gasteiger partial charge >= 0.3 is 362 Å². The van der Waals surface area contributed by atoms with Gasteiger partial charge in [-0.3, -0.25) is 0 Å². The molecule has 314 valence electrons. The number of benzene rings is 6. The van der Waals surface area contributed by atoms with Gasteiger partial charge in [-0.2, -0.15) is 0 Å². The Morgan fingerprint density at radius 2 is 0.983 bits per heavy atom. The molecule has 0 bridgehead atoms. The van der Waals surface area contributed by atoms with E-state index >= 15 is 0 Å². The van der Waals surface area contributed by atoms with Crippen LogP contribution in [0.3, 0.4) is 0 Å². The van der Waals surface area contributed by atoms with Gasteiger partial charge in [-0.15, -0.1) is 24.8 Å². The van der Waals surface area contributed by atoms with Gasteiger partial charge in [0, 0.05) is 0 Å². The van der Waals surface area contributed by atoms with E-state index in [0.717, 1.165) is 33.7 Å². The molecule has 0 amide bonds. The molecular formula is C55H62Cl4Zr. The molecule has 2 aliphatic carbocycles. The predicted octanol–water partition coefficient (Wildman–Crippen LogP) is 15.1. The molecule has 0 saturated carbocycles. The fraction of sp³-hybridized carbons (Fsp3) is 0.327. The zero-order valence-electron chi connectivity index (χ0n) is 37.6. The van der Waals surface area contributed by atoms with Crippen LogP contribution in [0.15, 0.2) is 113 Å². The predicted molar refractivity (Wildman–Crippen MR) is 270 cm³/mol. The van der Waals surface area contributed by atoms with Crippen molar-refractivity contribution < 1.29 is 18.3 Å². The average Bonchev–Trinajstić information content (AvgIpc) is 3.82. The molecule has 0 fully saturated rings. The molecule has 0 aromatic heterocycles. The van der Waals surface area contributed by atoms with E-state index in [-0.39, 0.29) is 46.5 Å². The molecule has 60 heavy (non-hydrogen) atoms. The summed E-state index contributed by atoms with van der Waals surface area (Å²) < 4.78 is 11.7. The van der Waals surface area contributed by atoms with Gasteiger partial charge in [-0.1, -0.05) is 0 Å². The molecule has 0 N–H and O–H groups in total. The van der Waals surface area contributed by atoms with Crippen molar-refractivity contribution >= 4 is 83.6 Å². The summed E-state index contributed by atoms with van der Waals surface area (Å²) in [5.41, 5.74) is 10.9. The van der Waals surface area contributed by atoms with Crippen molar-refractivity contribution in [1.82, 2.24) is 0 Å². The quantitative estimate of drug-likeness (QED) is 0.165. The molecule has 0 nitrogen and oxygen atoms in total. The van der Waals surface area contributed by atoms with Crippen LogP contribution in [-0.2, 0) is 46.4 Å². The van der Waals surface area contributed by atoms with Crippen LogP contribution in [0.5, 0.6) is 0 Å². The van der Waals surface area contributed by atoms with Gasteiger partial charge in [0.2, 0.25) is 0 Å². The first-order valence-electron chi connectivity index (χ1n) is 21.1. The Labute approximate surface area is 383 Å². The van der Waals surface area contributed by atoms with E-state index in [4.69, 9.17) is 27.4 Å². The maximum atomic E-state index is 7.20. The molecule has 0 heterocycles. The molecule has 0 aliphatic heterocycles. The maximum absolute atomic E-state index is 7.20. The summed E-state index contributed by atoms with van der Waals surface area (Å²) in [6.07, 6.45) is 8.79. The first-order valence-corrected chi connectivity index (χ1v) is 28.5. The number of hydrogen-bond donors (Lipinski definition) is 0. The second-order valence-electron chi connectivity index (χ2n) is 21.5. The van der Waals surface area contributed by atoms with E-state index in [1.807, 2.05) is 0 Å². The van der Waals surface area contributed by atoms with E-state index in [1.54, 1.807) is 0 Å². The summed E-state index contributed by atoms with van der Waals surface area (Å²) in [7, 11) is 0. The molecule has 6 aromatic rings. The topological polar surface area (TPSA) is 0 Å².